The van der Waals surface area contributed by atoms with Gasteiger partial charge < -0.3 is 14.8 Å². The van der Waals surface area contributed by atoms with Crippen LogP contribution in [-0.4, -0.2) is 52.0 Å². The predicted molar refractivity (Wildman–Crippen MR) is 104 cm³/mol. The van der Waals surface area contributed by atoms with Crippen LogP contribution in [0.2, 0.25) is 0 Å². The van der Waals surface area contributed by atoms with Crippen LogP contribution in [0.1, 0.15) is 22.8 Å². The quantitative estimate of drug-likeness (QED) is 0.767. The summed E-state index contributed by atoms with van der Waals surface area (Å²) in [5.74, 6) is 0.649. The average Bonchev–Trinajstić information content (AvgIpc) is 2.99. The van der Waals surface area contributed by atoms with E-state index in [1.54, 1.807) is 6.20 Å². The van der Waals surface area contributed by atoms with Crippen LogP contribution in [0.25, 0.3) is 22.4 Å². The van der Waals surface area contributed by atoms with Crippen molar-refractivity contribution in [3.05, 3.63) is 47.8 Å². The molecule has 2 heterocycles. The minimum atomic E-state index is -0.0900. The van der Waals surface area contributed by atoms with Gasteiger partial charge in [-0.15, -0.1) is 0 Å². The first-order valence-corrected chi connectivity index (χ1v) is 8.70. The number of benzene rings is 1. The summed E-state index contributed by atoms with van der Waals surface area (Å²) in [7, 11) is 5.91. The third kappa shape index (κ3) is 3.75. The van der Waals surface area contributed by atoms with Gasteiger partial charge in [-0.3, -0.25) is 4.79 Å². The Labute approximate surface area is 153 Å². The van der Waals surface area contributed by atoms with E-state index >= 15 is 0 Å². The number of carbonyl (C=O) groups excluding carboxylic acids is 1. The van der Waals surface area contributed by atoms with Crippen LogP contribution in [0.5, 0.6) is 0 Å². The van der Waals surface area contributed by atoms with Crippen molar-refractivity contribution in [1.82, 2.24) is 24.8 Å². The molecule has 26 heavy (non-hydrogen) atoms. The van der Waals surface area contributed by atoms with Gasteiger partial charge in [0.25, 0.3) is 5.91 Å². The zero-order chi connectivity index (χ0) is 18.8. The number of hydrogen-bond donors (Lipinski definition) is 1. The molecule has 6 nitrogen and oxygen atoms in total. The van der Waals surface area contributed by atoms with Crippen LogP contribution < -0.4 is 5.32 Å². The highest BCUT2D eigenvalue weighted by Gasteiger charge is 2.17. The van der Waals surface area contributed by atoms with Crippen LogP contribution in [0, 0.1) is 6.92 Å². The number of aromatic nitrogens is 3. The zero-order valence-corrected chi connectivity index (χ0v) is 15.9. The van der Waals surface area contributed by atoms with Gasteiger partial charge in [-0.2, -0.15) is 0 Å². The highest BCUT2D eigenvalue weighted by Crippen LogP contribution is 2.25. The Kier molecular flexibility index (Phi) is 5.04. The van der Waals surface area contributed by atoms with E-state index in [9.17, 15) is 4.79 Å². The molecule has 0 spiro atoms. The number of amides is 1. The largest absolute Gasteiger partial charge is 0.348 e. The van der Waals surface area contributed by atoms with Crippen molar-refractivity contribution in [3.8, 4) is 11.5 Å². The monoisotopic (exact) mass is 351 g/mol. The molecule has 136 valence electrons. The van der Waals surface area contributed by atoms with Crippen LogP contribution in [0.15, 0.2) is 36.7 Å². The van der Waals surface area contributed by atoms with Gasteiger partial charge in [0.05, 0.1) is 11.1 Å². The topological polar surface area (TPSA) is 63.1 Å². The van der Waals surface area contributed by atoms with Crippen LogP contribution in [0.4, 0.5) is 0 Å². The molecule has 0 bridgehead atoms. The number of aryl methyl sites for hydroxylation is 2. The summed E-state index contributed by atoms with van der Waals surface area (Å²) < 4.78 is 1.90. The lowest BCUT2D eigenvalue weighted by Gasteiger charge is -2.19. The number of imidazole rings is 1. The van der Waals surface area contributed by atoms with Crippen LogP contribution >= 0.6 is 0 Å². The molecule has 1 atom stereocenters. The van der Waals surface area contributed by atoms with E-state index in [0.29, 0.717) is 11.3 Å². The smallest absolute Gasteiger partial charge is 0.252 e. The zero-order valence-electron chi connectivity index (χ0n) is 15.9. The van der Waals surface area contributed by atoms with Crippen molar-refractivity contribution in [2.45, 2.75) is 19.9 Å². The molecule has 0 aliphatic rings. The van der Waals surface area contributed by atoms with E-state index in [-0.39, 0.29) is 11.9 Å². The molecule has 3 aromatic rings. The molecule has 0 aliphatic heterocycles. The Hall–Kier alpha value is -2.73. The Balaban J connectivity index is 2.08. The molecule has 1 unspecified atom stereocenters. The molecule has 1 aromatic carbocycles. The maximum Gasteiger partial charge on any atom is 0.252 e. The molecule has 1 amide bonds. The number of likely N-dealkylation sites (N-methyl/N-ethyl adjacent to an activating group) is 1. The fourth-order valence-corrected chi connectivity index (χ4v) is 3.15. The molecule has 0 saturated heterocycles. The standard InChI is InChI=1S/C20H25N5O/c1-13-6-7-17-15(10-13)16(20(26)22-14(2)12-24(3)4)11-18(23-17)19-21-8-9-25(19)5/h6-11,14H,12H2,1-5H3,(H,22,26). The summed E-state index contributed by atoms with van der Waals surface area (Å²) >= 11 is 0. The second-order valence-corrected chi connectivity index (χ2v) is 7.07. The predicted octanol–water partition coefficient (Wildman–Crippen LogP) is 2.62. The number of nitrogens with one attached hydrogen (secondary N) is 1. The van der Waals surface area contributed by atoms with Gasteiger partial charge >= 0.3 is 0 Å². The second kappa shape index (κ2) is 7.25. The molecule has 0 radical (unpaired) electrons. The number of nitrogens with zero attached hydrogens (tertiary/aromatic N) is 4. The summed E-state index contributed by atoms with van der Waals surface area (Å²) in [6, 6.07) is 7.85. The van der Waals surface area contributed by atoms with Crippen molar-refractivity contribution in [3.63, 3.8) is 0 Å². The summed E-state index contributed by atoms with van der Waals surface area (Å²) in [6.07, 6.45) is 3.60. The first-order valence-electron chi connectivity index (χ1n) is 8.70. The van der Waals surface area contributed by atoms with Gasteiger partial charge in [-0.1, -0.05) is 11.6 Å². The van der Waals surface area contributed by atoms with E-state index in [0.717, 1.165) is 28.8 Å². The number of fused-ring (bicyclic) bond motifs is 1. The van der Waals surface area contributed by atoms with E-state index in [1.165, 1.54) is 0 Å². The number of pyridine rings is 1. The summed E-state index contributed by atoms with van der Waals surface area (Å²) in [5, 5.41) is 3.95. The lowest BCUT2D eigenvalue weighted by Crippen LogP contribution is -2.39. The Morgan fingerprint density at radius 3 is 2.73 bits per heavy atom. The molecule has 0 fully saturated rings. The van der Waals surface area contributed by atoms with Crippen LogP contribution in [0.3, 0.4) is 0 Å². The third-order valence-electron chi connectivity index (χ3n) is 4.28. The maximum absolute atomic E-state index is 13.0. The van der Waals surface area contributed by atoms with Gasteiger partial charge in [-0.25, -0.2) is 9.97 Å². The molecule has 0 aliphatic carbocycles. The van der Waals surface area contributed by atoms with Crippen molar-refractivity contribution in [1.29, 1.82) is 0 Å². The summed E-state index contributed by atoms with van der Waals surface area (Å²) in [4.78, 5) is 24.1. The van der Waals surface area contributed by atoms with Gasteiger partial charge in [-0.05, 0) is 46.1 Å². The molecule has 0 saturated carbocycles. The maximum atomic E-state index is 13.0. The lowest BCUT2D eigenvalue weighted by molar-refractivity contribution is 0.0936. The molecule has 3 rings (SSSR count). The minimum absolute atomic E-state index is 0.0436. The molecule has 6 heteroatoms. The average molecular weight is 351 g/mol. The highest BCUT2D eigenvalue weighted by atomic mass is 16.1. The van der Waals surface area contributed by atoms with Gasteiger partial charge in [0.2, 0.25) is 0 Å². The number of carbonyl (C=O) groups is 1. The van der Waals surface area contributed by atoms with Crippen molar-refractivity contribution < 1.29 is 4.79 Å². The SMILES string of the molecule is Cc1ccc2nc(-c3nccn3C)cc(C(=O)NC(C)CN(C)C)c2c1. The van der Waals surface area contributed by atoms with Gasteiger partial charge in [0, 0.05) is 37.4 Å². The van der Waals surface area contributed by atoms with Crippen molar-refractivity contribution in [2.75, 3.05) is 20.6 Å². The third-order valence-corrected chi connectivity index (χ3v) is 4.28. The summed E-state index contributed by atoms with van der Waals surface area (Å²) in [6.45, 7) is 4.80. The number of hydrogen-bond acceptors (Lipinski definition) is 4. The van der Waals surface area contributed by atoms with E-state index < -0.39 is 0 Å². The van der Waals surface area contributed by atoms with E-state index in [2.05, 4.69) is 15.2 Å². The van der Waals surface area contributed by atoms with E-state index in [4.69, 9.17) is 4.98 Å². The molecule has 1 N–H and O–H groups in total. The molecular weight excluding hydrogens is 326 g/mol. The molecular formula is C20H25N5O. The second-order valence-electron chi connectivity index (χ2n) is 7.07. The normalized spacial score (nSPS) is 12.5. The van der Waals surface area contributed by atoms with Crippen molar-refractivity contribution in [2.24, 2.45) is 7.05 Å². The highest BCUT2D eigenvalue weighted by molar-refractivity contribution is 6.07. The Morgan fingerprint density at radius 1 is 1.31 bits per heavy atom. The molecule has 2 aromatic heterocycles. The fourth-order valence-electron chi connectivity index (χ4n) is 3.15. The lowest BCUT2D eigenvalue weighted by atomic mass is 10.0. The fraction of sp³-hybridized carbons (Fsp3) is 0.350. The first kappa shape index (κ1) is 18.1. The van der Waals surface area contributed by atoms with Gasteiger partial charge in [0.15, 0.2) is 5.82 Å². The van der Waals surface area contributed by atoms with Crippen LogP contribution in [-0.2, 0) is 7.05 Å². The van der Waals surface area contributed by atoms with E-state index in [1.807, 2.05) is 70.0 Å². The minimum Gasteiger partial charge on any atom is -0.348 e. The van der Waals surface area contributed by atoms with Gasteiger partial charge in [0.1, 0.15) is 5.69 Å². The first-order chi connectivity index (χ1) is 12.3. The Bertz CT molecular complexity index is 945. The number of rotatable bonds is 5. The Morgan fingerprint density at radius 2 is 2.08 bits per heavy atom. The summed E-state index contributed by atoms with van der Waals surface area (Å²) in [5.41, 5.74) is 3.21. The van der Waals surface area contributed by atoms with Crippen molar-refractivity contribution >= 4 is 16.8 Å².